The fourth-order valence-corrected chi connectivity index (χ4v) is 3.08. The molecule has 2 N–H and O–H groups in total. The van der Waals surface area contributed by atoms with Crippen molar-refractivity contribution in [1.29, 1.82) is 0 Å². The number of aromatic nitrogens is 1. The molecule has 2 heterocycles. The molecule has 2 aromatic rings. The summed E-state index contributed by atoms with van der Waals surface area (Å²) in [4.78, 5) is 27.6. The van der Waals surface area contributed by atoms with Gasteiger partial charge in [-0.3, -0.25) is 9.59 Å². The largest absolute Gasteiger partial charge is 0.481 e. The molecule has 0 saturated carbocycles. The normalized spacial score (nSPS) is 14.8. The van der Waals surface area contributed by atoms with Gasteiger partial charge < -0.3 is 15.0 Å². The van der Waals surface area contributed by atoms with Crippen LogP contribution in [0.1, 0.15) is 30.4 Å². The zero-order chi connectivity index (χ0) is 16.4. The first-order chi connectivity index (χ1) is 11.1. The lowest BCUT2D eigenvalue weighted by molar-refractivity contribution is -0.140. The number of carbonyl (C=O) groups is 2. The molecular formula is C18H20N2O3. The fraction of sp³-hybridized carbons (Fsp3) is 0.333. The topological polar surface area (TPSA) is 73.4 Å². The Morgan fingerprint density at radius 1 is 1.30 bits per heavy atom. The molecule has 1 amide bonds. The fourth-order valence-electron chi connectivity index (χ4n) is 3.08. The molecule has 1 aromatic carbocycles. The molecule has 1 aliphatic rings. The molecule has 0 unspecified atom stereocenters. The highest BCUT2D eigenvalue weighted by Crippen LogP contribution is 2.30. The molecule has 1 aromatic heterocycles. The van der Waals surface area contributed by atoms with Crippen LogP contribution < -0.4 is 0 Å². The number of aromatic amines is 1. The molecule has 5 heteroatoms. The number of amides is 1. The highest BCUT2D eigenvalue weighted by atomic mass is 16.4. The third-order valence-corrected chi connectivity index (χ3v) is 4.38. The van der Waals surface area contributed by atoms with Crippen molar-refractivity contribution < 1.29 is 14.7 Å². The highest BCUT2D eigenvalue weighted by Gasteiger charge is 2.20. The quantitative estimate of drug-likeness (QED) is 0.911. The van der Waals surface area contributed by atoms with Crippen molar-refractivity contribution in [3.8, 4) is 0 Å². The number of para-hydroxylation sites is 1. The number of aryl methyl sites for hydroxylation is 1. The average Bonchev–Trinajstić information content (AvgIpc) is 2.98. The van der Waals surface area contributed by atoms with Gasteiger partial charge in [-0.05, 0) is 24.5 Å². The zero-order valence-corrected chi connectivity index (χ0v) is 13.1. The molecule has 5 nitrogen and oxygen atoms in total. The van der Waals surface area contributed by atoms with Crippen molar-refractivity contribution in [2.24, 2.45) is 0 Å². The van der Waals surface area contributed by atoms with E-state index in [-0.39, 0.29) is 18.7 Å². The Morgan fingerprint density at radius 3 is 2.83 bits per heavy atom. The smallest absolute Gasteiger partial charge is 0.303 e. The van der Waals surface area contributed by atoms with Crippen molar-refractivity contribution in [3.05, 3.63) is 41.6 Å². The number of carboxylic acid groups (broad SMARTS) is 1. The highest BCUT2D eigenvalue weighted by molar-refractivity contribution is 5.94. The maximum absolute atomic E-state index is 12.0. The van der Waals surface area contributed by atoms with Crippen LogP contribution in [0, 0.1) is 6.92 Å². The molecule has 3 rings (SSSR count). The maximum atomic E-state index is 12.0. The van der Waals surface area contributed by atoms with Crippen LogP contribution in [0.4, 0.5) is 0 Å². The predicted molar refractivity (Wildman–Crippen MR) is 89.1 cm³/mol. The lowest BCUT2D eigenvalue weighted by Crippen LogP contribution is -2.34. The Balaban J connectivity index is 1.74. The predicted octanol–water partition coefficient (Wildman–Crippen LogP) is 2.96. The monoisotopic (exact) mass is 312 g/mol. The van der Waals surface area contributed by atoms with E-state index in [0.717, 1.165) is 11.9 Å². The number of nitrogens with one attached hydrogen (secondary N) is 1. The molecule has 23 heavy (non-hydrogen) atoms. The Labute approximate surface area is 134 Å². The second kappa shape index (κ2) is 6.28. The summed E-state index contributed by atoms with van der Waals surface area (Å²) < 4.78 is 0. The first-order valence-electron chi connectivity index (χ1n) is 7.82. The molecular weight excluding hydrogens is 292 g/mol. The van der Waals surface area contributed by atoms with Gasteiger partial charge >= 0.3 is 5.97 Å². The van der Waals surface area contributed by atoms with E-state index in [9.17, 15) is 9.59 Å². The number of carboxylic acids is 1. The number of nitrogens with zero attached hydrogens (tertiary/aromatic N) is 1. The Morgan fingerprint density at radius 2 is 2.13 bits per heavy atom. The molecule has 0 radical (unpaired) electrons. The second-order valence-corrected chi connectivity index (χ2v) is 5.91. The summed E-state index contributed by atoms with van der Waals surface area (Å²) in [7, 11) is 0. The summed E-state index contributed by atoms with van der Waals surface area (Å²) in [6.07, 6.45) is 4.87. The van der Waals surface area contributed by atoms with Gasteiger partial charge in [-0.25, -0.2) is 0 Å². The molecule has 0 spiro atoms. The van der Waals surface area contributed by atoms with Crippen molar-refractivity contribution in [2.45, 2.75) is 26.2 Å². The number of fused-ring (bicyclic) bond motifs is 1. The average molecular weight is 312 g/mol. The van der Waals surface area contributed by atoms with Gasteiger partial charge in [-0.2, -0.15) is 0 Å². The minimum absolute atomic E-state index is 0.0742. The summed E-state index contributed by atoms with van der Waals surface area (Å²) in [6.45, 7) is 3.27. The summed E-state index contributed by atoms with van der Waals surface area (Å²) >= 11 is 0. The minimum atomic E-state index is -0.930. The lowest BCUT2D eigenvalue weighted by atomic mass is 9.98. The van der Waals surface area contributed by atoms with E-state index in [0.29, 0.717) is 13.1 Å². The lowest BCUT2D eigenvalue weighted by Gasteiger charge is -2.26. The van der Waals surface area contributed by atoms with E-state index in [1.165, 1.54) is 22.1 Å². The molecule has 0 atom stereocenters. The number of aliphatic carboxylic acids is 1. The number of carbonyl (C=O) groups excluding carboxylic acids is 1. The number of hydrogen-bond acceptors (Lipinski definition) is 2. The van der Waals surface area contributed by atoms with Crippen LogP contribution in [0.5, 0.6) is 0 Å². The van der Waals surface area contributed by atoms with Crippen LogP contribution in [0.25, 0.3) is 16.5 Å². The van der Waals surface area contributed by atoms with E-state index >= 15 is 0 Å². The van der Waals surface area contributed by atoms with Gasteiger partial charge in [0.2, 0.25) is 5.91 Å². The van der Waals surface area contributed by atoms with Gasteiger partial charge in [-0.1, -0.05) is 24.3 Å². The second-order valence-electron chi connectivity index (χ2n) is 5.91. The van der Waals surface area contributed by atoms with Gasteiger partial charge in [0, 0.05) is 42.2 Å². The van der Waals surface area contributed by atoms with Crippen LogP contribution >= 0.6 is 0 Å². The zero-order valence-electron chi connectivity index (χ0n) is 13.1. The SMILES string of the molecule is Cc1cccc2c(C3=CCN(C(=O)CCC(=O)O)CC3)c[nH]c12. The maximum Gasteiger partial charge on any atom is 0.303 e. The third kappa shape index (κ3) is 3.13. The Bertz CT molecular complexity index is 789. The van der Waals surface area contributed by atoms with Gasteiger partial charge in [-0.15, -0.1) is 0 Å². The minimum Gasteiger partial charge on any atom is -0.481 e. The number of benzene rings is 1. The van der Waals surface area contributed by atoms with Gasteiger partial charge in [0.15, 0.2) is 0 Å². The Kier molecular flexibility index (Phi) is 4.19. The van der Waals surface area contributed by atoms with Crippen LogP contribution in [0.2, 0.25) is 0 Å². The van der Waals surface area contributed by atoms with Gasteiger partial charge in [0.05, 0.1) is 6.42 Å². The van der Waals surface area contributed by atoms with E-state index in [2.05, 4.69) is 36.2 Å². The van der Waals surface area contributed by atoms with Crippen molar-refractivity contribution in [3.63, 3.8) is 0 Å². The standard InChI is InChI=1S/C18H20N2O3/c1-12-3-2-4-14-15(11-19-18(12)14)13-7-9-20(10-8-13)16(21)5-6-17(22)23/h2-4,7,11,19H,5-6,8-10H2,1H3,(H,22,23). The Hall–Kier alpha value is -2.56. The van der Waals surface area contributed by atoms with Gasteiger partial charge in [0.1, 0.15) is 0 Å². The molecule has 0 aliphatic carbocycles. The van der Waals surface area contributed by atoms with Crippen LogP contribution in [0.15, 0.2) is 30.5 Å². The first-order valence-corrected chi connectivity index (χ1v) is 7.82. The van der Waals surface area contributed by atoms with Crippen LogP contribution in [-0.4, -0.2) is 40.0 Å². The molecule has 1 aliphatic heterocycles. The van der Waals surface area contributed by atoms with Crippen LogP contribution in [-0.2, 0) is 9.59 Å². The third-order valence-electron chi connectivity index (χ3n) is 4.38. The molecule has 0 fully saturated rings. The van der Waals surface area contributed by atoms with E-state index in [1.807, 2.05) is 6.20 Å². The number of hydrogen-bond donors (Lipinski definition) is 2. The number of rotatable bonds is 4. The van der Waals surface area contributed by atoms with Crippen molar-refractivity contribution in [2.75, 3.05) is 13.1 Å². The van der Waals surface area contributed by atoms with Crippen molar-refractivity contribution >= 4 is 28.4 Å². The van der Waals surface area contributed by atoms with E-state index in [1.54, 1.807) is 4.90 Å². The van der Waals surface area contributed by atoms with E-state index in [4.69, 9.17) is 5.11 Å². The van der Waals surface area contributed by atoms with Crippen LogP contribution in [0.3, 0.4) is 0 Å². The molecule has 0 bridgehead atoms. The van der Waals surface area contributed by atoms with Crippen molar-refractivity contribution in [1.82, 2.24) is 9.88 Å². The number of H-pyrrole nitrogens is 1. The van der Waals surface area contributed by atoms with Gasteiger partial charge in [0.25, 0.3) is 0 Å². The first kappa shape index (κ1) is 15.3. The molecule has 120 valence electrons. The summed E-state index contributed by atoms with van der Waals surface area (Å²) in [6, 6.07) is 6.25. The van der Waals surface area contributed by atoms with E-state index < -0.39 is 5.97 Å². The summed E-state index contributed by atoms with van der Waals surface area (Å²) in [5.41, 5.74) is 4.81. The summed E-state index contributed by atoms with van der Waals surface area (Å²) in [5, 5.41) is 9.87. The summed E-state index contributed by atoms with van der Waals surface area (Å²) in [5.74, 6) is -1.02. The molecule has 0 saturated heterocycles.